The number of carboxylic acid groups (broad SMARTS) is 2. The minimum atomic E-state index is -5.08. The lowest BCUT2D eigenvalue weighted by Gasteiger charge is -2.32. The summed E-state index contributed by atoms with van der Waals surface area (Å²) in [5, 5.41) is 56.0. The van der Waals surface area contributed by atoms with Crippen LogP contribution in [0.5, 0.6) is 11.5 Å². The zero-order valence-electron chi connectivity index (χ0n) is 37.5. The van der Waals surface area contributed by atoms with Crippen molar-refractivity contribution in [3.8, 4) is 11.5 Å². The third-order valence-corrected chi connectivity index (χ3v) is 11.4. The van der Waals surface area contributed by atoms with Gasteiger partial charge < -0.3 is 60.8 Å². The summed E-state index contributed by atoms with van der Waals surface area (Å²) >= 11 is 0. The summed E-state index contributed by atoms with van der Waals surface area (Å²) in [6.07, 6.45) is -12.0. The number of fused-ring (bicyclic) bond motifs is 1. The van der Waals surface area contributed by atoms with Crippen LogP contribution in [0.2, 0.25) is 0 Å². The highest BCUT2D eigenvalue weighted by Crippen LogP contribution is 2.40. The van der Waals surface area contributed by atoms with Crippen molar-refractivity contribution in [1.29, 1.82) is 0 Å². The molecule has 6 heterocycles. The average molecular weight is 998 g/mol. The number of alkyl halides is 6. The monoisotopic (exact) mass is 997 g/mol. The van der Waals surface area contributed by atoms with Crippen molar-refractivity contribution in [3.63, 3.8) is 0 Å². The molecule has 3 aromatic heterocycles. The number of nitrogens with two attached hydrogens (primary N) is 1. The Labute approximate surface area is 393 Å². The number of urea groups is 1. The van der Waals surface area contributed by atoms with E-state index in [0.29, 0.717) is 62.1 Å². The van der Waals surface area contributed by atoms with Gasteiger partial charge in [-0.2, -0.15) is 41.1 Å². The summed E-state index contributed by atoms with van der Waals surface area (Å²) in [5.41, 5.74) is 8.85. The number of amides is 2. The second-order valence-corrected chi connectivity index (χ2v) is 15.8. The van der Waals surface area contributed by atoms with Gasteiger partial charge in [0.05, 0.1) is 33.1 Å². The molecule has 380 valence electrons. The summed E-state index contributed by atoms with van der Waals surface area (Å²) in [7, 11) is 3.28. The molecule has 23 nitrogen and oxygen atoms in total. The molecule has 0 spiro atoms. The zero-order valence-corrected chi connectivity index (χ0v) is 37.5. The standard InChI is InChI=1S/C37H47N13O6.2C2HF3O2/c1-4-49-45-33(44-46-49)31-29(51)30(52)35(56-31)48-20-41-28-32(40-18-27(21-5-9-25(54-2)10-6-21)22-7-11-26(55-3)12-8-22)42-37(43-34(28)48)47-16-14-24(19-47)50(36(38)53)23-13-15-39-17-23;2*3-2(4,5)1(6)7/h5-12,20,23-24,27,29-31,35,39,51-52H,4,13-19H2,1-3H3,(H2,38,53)(H,40,42,43);2*(H,6,7)/t23-,24-,29+,30-,31+,35-;;/m1../s1. The summed E-state index contributed by atoms with van der Waals surface area (Å²) in [6, 6.07) is 15.3. The number of aliphatic carboxylic acids is 2. The zero-order chi connectivity index (χ0) is 51.1. The molecule has 2 amide bonds. The number of benzene rings is 2. The van der Waals surface area contributed by atoms with Crippen LogP contribution in [0, 0.1) is 0 Å². The van der Waals surface area contributed by atoms with Gasteiger partial charge in [0.25, 0.3) is 0 Å². The van der Waals surface area contributed by atoms with E-state index < -0.39 is 54.9 Å². The predicted molar refractivity (Wildman–Crippen MR) is 231 cm³/mol. The largest absolute Gasteiger partial charge is 0.497 e. The number of ether oxygens (including phenoxy) is 3. The van der Waals surface area contributed by atoms with Crippen LogP contribution in [0.25, 0.3) is 11.2 Å². The van der Waals surface area contributed by atoms with Gasteiger partial charge >= 0.3 is 30.3 Å². The molecular weight excluding hydrogens is 949 g/mol. The normalized spacial score (nSPS) is 21.2. The van der Waals surface area contributed by atoms with E-state index in [0.717, 1.165) is 35.6 Å². The molecular formula is C41H49F6N13O10. The van der Waals surface area contributed by atoms with Crippen LogP contribution in [0.1, 0.15) is 55.0 Å². The minimum Gasteiger partial charge on any atom is -0.497 e. The first-order chi connectivity index (χ1) is 33.1. The Hall–Kier alpha value is -7.11. The van der Waals surface area contributed by atoms with Crippen LogP contribution < -0.4 is 30.7 Å². The van der Waals surface area contributed by atoms with E-state index in [1.165, 1.54) is 11.1 Å². The van der Waals surface area contributed by atoms with Crippen LogP contribution in [0.15, 0.2) is 54.9 Å². The van der Waals surface area contributed by atoms with Gasteiger partial charge in [-0.1, -0.05) is 24.3 Å². The van der Waals surface area contributed by atoms with Crippen molar-refractivity contribution >= 4 is 40.9 Å². The summed E-state index contributed by atoms with van der Waals surface area (Å²) < 4.78 is 82.2. The number of aliphatic hydroxyl groups is 2. The molecule has 3 aliphatic heterocycles. The molecule has 0 radical (unpaired) electrons. The highest BCUT2D eigenvalue weighted by atomic mass is 19.4. The number of imidazole rings is 1. The number of tetrazole rings is 1. The number of aromatic nitrogens is 8. The predicted octanol–water partition coefficient (Wildman–Crippen LogP) is 2.67. The molecule has 3 saturated heterocycles. The van der Waals surface area contributed by atoms with Gasteiger partial charge in [0.1, 0.15) is 23.7 Å². The number of carbonyl (C=O) groups is 3. The highest BCUT2D eigenvalue weighted by molar-refractivity contribution is 5.84. The van der Waals surface area contributed by atoms with E-state index in [1.807, 2.05) is 60.4 Å². The second kappa shape index (κ2) is 22.1. The van der Waals surface area contributed by atoms with Crippen molar-refractivity contribution in [2.45, 2.75) is 81.2 Å². The number of aliphatic hydroxyl groups excluding tert-OH is 2. The summed E-state index contributed by atoms with van der Waals surface area (Å²) in [5.74, 6) is -3.11. The van der Waals surface area contributed by atoms with E-state index in [9.17, 15) is 41.4 Å². The van der Waals surface area contributed by atoms with Crippen molar-refractivity contribution in [3.05, 3.63) is 71.8 Å². The van der Waals surface area contributed by atoms with Crippen LogP contribution in [-0.4, -0.2) is 167 Å². The molecule has 5 aromatic rings. The molecule has 29 heteroatoms. The fraction of sp³-hybridized carbons (Fsp3) is 0.488. The lowest BCUT2D eigenvalue weighted by molar-refractivity contribution is -0.193. The lowest BCUT2D eigenvalue weighted by atomic mass is 9.91. The van der Waals surface area contributed by atoms with Gasteiger partial charge in [0, 0.05) is 38.1 Å². The Bertz CT molecular complexity index is 2490. The number of nitrogens with zero attached hydrogens (tertiary/aromatic N) is 10. The van der Waals surface area contributed by atoms with Gasteiger partial charge in [-0.15, -0.1) is 10.2 Å². The first-order valence-corrected chi connectivity index (χ1v) is 21.3. The number of primary amides is 1. The molecule has 8 N–H and O–H groups in total. The van der Waals surface area contributed by atoms with E-state index in [-0.39, 0.29) is 23.8 Å². The molecule has 70 heavy (non-hydrogen) atoms. The van der Waals surface area contributed by atoms with Gasteiger partial charge in [-0.3, -0.25) is 4.57 Å². The molecule has 0 aliphatic carbocycles. The molecule has 0 unspecified atom stereocenters. The highest BCUT2D eigenvalue weighted by Gasteiger charge is 2.47. The van der Waals surface area contributed by atoms with Crippen molar-refractivity contribution in [2.75, 3.05) is 57.2 Å². The average Bonchev–Trinajstić information content (AvgIpc) is 4.20. The van der Waals surface area contributed by atoms with Crippen molar-refractivity contribution in [1.82, 2.24) is 49.9 Å². The fourth-order valence-corrected chi connectivity index (χ4v) is 7.95. The Morgan fingerprint density at radius 2 is 1.50 bits per heavy atom. The van der Waals surface area contributed by atoms with Crippen molar-refractivity contribution in [2.24, 2.45) is 5.73 Å². The third-order valence-electron chi connectivity index (χ3n) is 11.4. The minimum absolute atomic E-state index is 0.0149. The molecule has 8 rings (SSSR count). The van der Waals surface area contributed by atoms with Crippen molar-refractivity contribution < 1.29 is 75.4 Å². The summed E-state index contributed by atoms with van der Waals surface area (Å²) in [6.45, 7) is 5.34. The second-order valence-electron chi connectivity index (χ2n) is 15.8. The molecule has 6 atom stereocenters. The van der Waals surface area contributed by atoms with E-state index in [2.05, 4.69) is 26.0 Å². The molecule has 3 fully saturated rings. The topological polar surface area (TPSA) is 304 Å². The Morgan fingerprint density at radius 1 is 0.914 bits per heavy atom. The maximum Gasteiger partial charge on any atom is 0.490 e. The maximum absolute atomic E-state index is 12.7. The molecule has 0 saturated carbocycles. The van der Waals surface area contributed by atoms with Crippen LogP contribution in [0.4, 0.5) is 42.9 Å². The van der Waals surface area contributed by atoms with Gasteiger partial charge in [-0.05, 0) is 66.9 Å². The Balaban J connectivity index is 0.000000503. The smallest absolute Gasteiger partial charge is 0.490 e. The third kappa shape index (κ3) is 12.2. The number of aryl methyl sites for hydroxylation is 1. The SMILES string of the molecule is CCn1nnc([C@H]2O[C@@H](n3cnc4c(NCC(c5ccc(OC)cc5)c5ccc(OC)cc5)nc(N5CC[C@@H](N(C(N)=O)[C@@H]6CCNC6)C5)nc43)[C@H](O)[C@@H]2O)n1.O=C(O)C(F)(F)F.O=C(O)C(F)(F)F. The number of rotatable bonds is 13. The van der Waals surface area contributed by atoms with E-state index in [1.54, 1.807) is 23.7 Å². The molecule has 0 bridgehead atoms. The van der Waals surface area contributed by atoms with Crippen LogP contribution in [0.3, 0.4) is 0 Å². The first kappa shape index (κ1) is 52.3. The van der Waals surface area contributed by atoms with Gasteiger partial charge in [0.2, 0.25) is 11.8 Å². The number of anilines is 2. The van der Waals surface area contributed by atoms with E-state index in [4.69, 9.17) is 54.7 Å². The Kier molecular flexibility index (Phi) is 16.5. The quantitative estimate of drug-likeness (QED) is 0.0834. The number of nitrogens with one attached hydrogen (secondary N) is 2. The lowest BCUT2D eigenvalue weighted by Crippen LogP contribution is -2.51. The number of halogens is 6. The van der Waals surface area contributed by atoms with Gasteiger partial charge in [-0.25, -0.2) is 19.4 Å². The van der Waals surface area contributed by atoms with Gasteiger partial charge in [0.15, 0.2) is 29.3 Å². The number of methoxy groups -OCH3 is 2. The van der Waals surface area contributed by atoms with E-state index >= 15 is 0 Å². The molecule has 2 aromatic carbocycles. The summed E-state index contributed by atoms with van der Waals surface area (Å²) in [4.78, 5) is 50.5. The van der Waals surface area contributed by atoms with Crippen LogP contribution >= 0.6 is 0 Å². The number of carboxylic acids is 2. The Morgan fingerprint density at radius 3 is 1.99 bits per heavy atom. The fourth-order valence-electron chi connectivity index (χ4n) is 7.95. The molecule has 3 aliphatic rings. The van der Waals surface area contributed by atoms with Crippen LogP contribution in [-0.2, 0) is 20.9 Å². The first-order valence-electron chi connectivity index (χ1n) is 21.3. The maximum atomic E-state index is 12.7. The number of hydrogen-bond donors (Lipinski definition) is 7. The number of carbonyl (C=O) groups excluding carboxylic acids is 1. The number of hydrogen-bond acceptors (Lipinski definition) is 17.